The molecule has 0 heterocycles. The number of carboxylic acids is 1. The van der Waals surface area contributed by atoms with Crippen molar-refractivity contribution in [3.05, 3.63) is 0 Å². The van der Waals surface area contributed by atoms with Gasteiger partial charge in [-0.3, -0.25) is 9.59 Å². The quantitative estimate of drug-likeness (QED) is 0.779. The fraction of sp³-hybridized carbons (Fsp3) is 0.867. The molecule has 0 unspecified atom stereocenters. The molecular weight excluding hydrogens is 242 g/mol. The van der Waals surface area contributed by atoms with Crippen LogP contribution in [0.3, 0.4) is 0 Å². The summed E-state index contributed by atoms with van der Waals surface area (Å²) in [6.45, 7) is 7.74. The van der Waals surface area contributed by atoms with E-state index in [9.17, 15) is 9.59 Å². The van der Waals surface area contributed by atoms with Crippen LogP contribution < -0.4 is 5.32 Å². The molecule has 0 atom stereocenters. The summed E-state index contributed by atoms with van der Waals surface area (Å²) in [5, 5.41) is 12.0. The first-order chi connectivity index (χ1) is 8.69. The summed E-state index contributed by atoms with van der Waals surface area (Å²) in [5.41, 5.74) is -1.17. The number of carbonyl (C=O) groups excluding carboxylic acids is 1. The van der Waals surface area contributed by atoms with Crippen LogP contribution >= 0.6 is 0 Å². The van der Waals surface area contributed by atoms with Gasteiger partial charge >= 0.3 is 5.97 Å². The van der Waals surface area contributed by atoms with Crippen molar-refractivity contribution in [2.45, 2.75) is 59.8 Å². The van der Waals surface area contributed by atoms with E-state index < -0.39 is 11.4 Å². The van der Waals surface area contributed by atoms with Crippen LogP contribution in [-0.4, -0.2) is 23.5 Å². The van der Waals surface area contributed by atoms with Gasteiger partial charge in [-0.2, -0.15) is 0 Å². The highest BCUT2D eigenvalue weighted by atomic mass is 16.4. The van der Waals surface area contributed by atoms with Crippen molar-refractivity contribution >= 4 is 11.9 Å². The van der Waals surface area contributed by atoms with E-state index in [4.69, 9.17) is 5.11 Å². The minimum atomic E-state index is -0.909. The summed E-state index contributed by atoms with van der Waals surface area (Å²) in [6, 6.07) is 0. The highest BCUT2D eigenvalue weighted by Crippen LogP contribution is 2.43. The van der Waals surface area contributed by atoms with Gasteiger partial charge in [0, 0.05) is 12.0 Å². The first kappa shape index (κ1) is 16.0. The number of amides is 1. The van der Waals surface area contributed by atoms with Crippen LogP contribution in [0.25, 0.3) is 0 Å². The van der Waals surface area contributed by atoms with Gasteiger partial charge < -0.3 is 10.4 Å². The molecule has 2 N–H and O–H groups in total. The van der Waals surface area contributed by atoms with E-state index in [1.165, 1.54) is 0 Å². The van der Waals surface area contributed by atoms with Crippen LogP contribution in [0.5, 0.6) is 0 Å². The van der Waals surface area contributed by atoms with Crippen LogP contribution in [0.4, 0.5) is 0 Å². The summed E-state index contributed by atoms with van der Waals surface area (Å²) >= 11 is 0. The molecule has 0 radical (unpaired) electrons. The molecule has 1 fully saturated rings. The number of aliphatic carboxylic acids is 1. The second-order valence-corrected chi connectivity index (χ2v) is 6.96. The Balaban J connectivity index is 2.66. The van der Waals surface area contributed by atoms with E-state index in [2.05, 4.69) is 19.2 Å². The molecule has 0 aromatic rings. The second kappa shape index (κ2) is 5.93. The van der Waals surface area contributed by atoms with Crippen molar-refractivity contribution < 1.29 is 14.7 Å². The zero-order valence-corrected chi connectivity index (χ0v) is 12.6. The van der Waals surface area contributed by atoms with Crippen LogP contribution in [0.2, 0.25) is 0 Å². The highest BCUT2D eigenvalue weighted by Gasteiger charge is 2.42. The lowest BCUT2D eigenvalue weighted by Crippen LogP contribution is -2.45. The molecular formula is C15H27NO3. The first-order valence-corrected chi connectivity index (χ1v) is 7.21. The maximum atomic E-state index is 12.5. The third-order valence-electron chi connectivity index (χ3n) is 4.11. The predicted octanol–water partition coefficient (Wildman–Crippen LogP) is 2.82. The van der Waals surface area contributed by atoms with E-state index in [0.717, 1.165) is 32.1 Å². The molecule has 0 aromatic carbocycles. The molecule has 1 amide bonds. The van der Waals surface area contributed by atoms with Gasteiger partial charge in [0.2, 0.25) is 5.91 Å². The predicted molar refractivity (Wildman–Crippen MR) is 74.8 cm³/mol. The van der Waals surface area contributed by atoms with E-state index in [0.29, 0.717) is 5.92 Å². The molecule has 0 aromatic heterocycles. The number of hydrogen-bond acceptors (Lipinski definition) is 2. The van der Waals surface area contributed by atoms with E-state index >= 15 is 0 Å². The fourth-order valence-corrected chi connectivity index (χ4v) is 2.92. The first-order valence-electron chi connectivity index (χ1n) is 7.21. The lowest BCUT2D eigenvalue weighted by molar-refractivity contribution is -0.147. The Morgan fingerprint density at radius 2 is 1.79 bits per heavy atom. The normalized spacial score (nSPS) is 18.6. The van der Waals surface area contributed by atoms with Crippen molar-refractivity contribution in [2.75, 3.05) is 6.54 Å². The molecule has 0 bridgehead atoms. The van der Waals surface area contributed by atoms with Crippen molar-refractivity contribution in [3.63, 3.8) is 0 Å². The highest BCUT2D eigenvalue weighted by molar-refractivity contribution is 5.84. The third-order valence-corrected chi connectivity index (χ3v) is 4.11. The Hall–Kier alpha value is -1.06. The molecule has 0 spiro atoms. The van der Waals surface area contributed by atoms with Gasteiger partial charge in [-0.1, -0.05) is 26.7 Å². The van der Waals surface area contributed by atoms with Crippen molar-refractivity contribution in [1.29, 1.82) is 0 Å². The molecule has 0 aliphatic heterocycles. The molecule has 4 nitrogen and oxygen atoms in total. The Labute approximate surface area is 116 Å². The van der Waals surface area contributed by atoms with Gasteiger partial charge in [0.15, 0.2) is 0 Å². The van der Waals surface area contributed by atoms with Crippen molar-refractivity contribution in [3.8, 4) is 0 Å². The lowest BCUT2D eigenvalue weighted by atomic mass is 9.77. The zero-order valence-electron chi connectivity index (χ0n) is 12.6. The Bertz CT molecular complexity index is 341. The van der Waals surface area contributed by atoms with Gasteiger partial charge in [0.1, 0.15) is 0 Å². The van der Waals surface area contributed by atoms with Crippen molar-refractivity contribution in [2.24, 2.45) is 16.7 Å². The monoisotopic (exact) mass is 269 g/mol. The zero-order chi connectivity index (χ0) is 14.7. The number of hydrogen-bond donors (Lipinski definition) is 2. The number of carboxylic acid groups (broad SMARTS) is 1. The average Bonchev–Trinajstić information content (AvgIpc) is 2.74. The Kier molecular flexibility index (Phi) is 4.99. The summed E-state index contributed by atoms with van der Waals surface area (Å²) in [7, 11) is 0. The van der Waals surface area contributed by atoms with E-state index in [1.807, 2.05) is 0 Å². The minimum Gasteiger partial charge on any atom is -0.481 e. The van der Waals surface area contributed by atoms with Gasteiger partial charge in [-0.15, -0.1) is 0 Å². The Morgan fingerprint density at radius 1 is 1.26 bits per heavy atom. The molecule has 1 saturated carbocycles. The number of rotatable bonds is 6. The molecule has 0 saturated heterocycles. The van der Waals surface area contributed by atoms with E-state index in [1.54, 1.807) is 13.8 Å². The third kappa shape index (κ3) is 3.95. The number of nitrogens with one attached hydrogen (secondary N) is 1. The Morgan fingerprint density at radius 3 is 2.21 bits per heavy atom. The van der Waals surface area contributed by atoms with Gasteiger partial charge in [-0.25, -0.2) is 0 Å². The number of carbonyl (C=O) groups is 2. The lowest BCUT2D eigenvalue weighted by Gasteiger charge is -2.31. The summed E-state index contributed by atoms with van der Waals surface area (Å²) < 4.78 is 0. The smallest absolute Gasteiger partial charge is 0.310 e. The van der Waals surface area contributed by atoms with Gasteiger partial charge in [-0.05, 0) is 39.0 Å². The fourth-order valence-electron chi connectivity index (χ4n) is 2.92. The molecule has 1 rings (SSSR count). The molecule has 110 valence electrons. The largest absolute Gasteiger partial charge is 0.481 e. The minimum absolute atomic E-state index is 0.0491. The maximum absolute atomic E-state index is 12.5. The summed E-state index contributed by atoms with van der Waals surface area (Å²) in [5.74, 6) is -0.346. The second-order valence-electron chi connectivity index (χ2n) is 6.96. The molecule has 1 aliphatic carbocycles. The standard InChI is InChI=1S/C15H27NO3/c1-11(2)9-15(7-5-6-8-15)12(17)16-10-14(3,4)13(18)19/h11H,5-10H2,1-4H3,(H,16,17)(H,18,19). The topological polar surface area (TPSA) is 66.4 Å². The van der Waals surface area contributed by atoms with Crippen LogP contribution in [0.15, 0.2) is 0 Å². The molecule has 4 heteroatoms. The SMILES string of the molecule is CC(C)CC1(C(=O)NCC(C)(C)C(=O)O)CCCC1. The average molecular weight is 269 g/mol. The van der Waals surface area contributed by atoms with Crippen LogP contribution in [0, 0.1) is 16.7 Å². The van der Waals surface area contributed by atoms with E-state index in [-0.39, 0.29) is 17.9 Å². The summed E-state index contributed by atoms with van der Waals surface area (Å²) in [6.07, 6.45) is 4.96. The van der Waals surface area contributed by atoms with Gasteiger partial charge in [0.05, 0.1) is 5.41 Å². The molecule has 1 aliphatic rings. The van der Waals surface area contributed by atoms with Gasteiger partial charge in [0.25, 0.3) is 0 Å². The van der Waals surface area contributed by atoms with Crippen molar-refractivity contribution in [1.82, 2.24) is 5.32 Å². The molecule has 19 heavy (non-hydrogen) atoms. The van der Waals surface area contributed by atoms with Crippen LogP contribution in [-0.2, 0) is 9.59 Å². The summed E-state index contributed by atoms with van der Waals surface area (Å²) in [4.78, 5) is 23.5. The maximum Gasteiger partial charge on any atom is 0.310 e. The van der Waals surface area contributed by atoms with Crippen LogP contribution in [0.1, 0.15) is 59.8 Å².